The molecule has 2 aromatic rings. The second kappa shape index (κ2) is 5.68. The van der Waals surface area contributed by atoms with E-state index in [1.807, 2.05) is 0 Å². The van der Waals surface area contributed by atoms with Gasteiger partial charge in [-0.25, -0.2) is 0 Å². The van der Waals surface area contributed by atoms with E-state index in [9.17, 15) is 30.7 Å². The van der Waals surface area contributed by atoms with Gasteiger partial charge in [-0.3, -0.25) is 13.9 Å². The fourth-order valence-electron chi connectivity index (χ4n) is 2.50. The molecule has 0 aromatic heterocycles. The van der Waals surface area contributed by atoms with Crippen LogP contribution in [0.1, 0.15) is 12.5 Å². The van der Waals surface area contributed by atoms with Crippen molar-refractivity contribution in [3.8, 4) is 0 Å². The van der Waals surface area contributed by atoms with Crippen molar-refractivity contribution in [3.63, 3.8) is 0 Å². The van der Waals surface area contributed by atoms with Crippen molar-refractivity contribution in [1.29, 1.82) is 0 Å². The molecule has 23 heavy (non-hydrogen) atoms. The zero-order valence-electron chi connectivity index (χ0n) is 12.0. The van der Waals surface area contributed by atoms with Crippen LogP contribution in [0.3, 0.4) is 0 Å². The monoisotopic (exact) mass is 358 g/mol. The highest BCUT2D eigenvalue weighted by Crippen LogP contribution is 2.32. The summed E-state index contributed by atoms with van der Waals surface area (Å²) < 4.78 is 62.1. The van der Waals surface area contributed by atoms with Crippen LogP contribution in [0.2, 0.25) is 0 Å². The largest absolute Gasteiger partial charge is 0.297 e. The SMILES string of the molecule is CC(=O)C(Cc1cccc2ccccc12)(S(=O)(=O)O)S(=O)(=O)O. The summed E-state index contributed by atoms with van der Waals surface area (Å²) in [4.78, 5) is 11.8. The van der Waals surface area contributed by atoms with Crippen molar-refractivity contribution in [2.75, 3.05) is 0 Å². The molecule has 0 heterocycles. The summed E-state index contributed by atoms with van der Waals surface area (Å²) in [5.41, 5.74) is 0.188. The van der Waals surface area contributed by atoms with Gasteiger partial charge >= 0.3 is 0 Å². The zero-order chi connectivity index (χ0) is 17.5. The lowest BCUT2D eigenvalue weighted by molar-refractivity contribution is -0.117. The molecular formula is C14H14O7S2. The first-order valence-corrected chi connectivity index (χ1v) is 9.30. The maximum Gasteiger partial charge on any atom is 0.295 e. The second-order valence-electron chi connectivity index (χ2n) is 5.07. The van der Waals surface area contributed by atoms with E-state index in [4.69, 9.17) is 0 Å². The molecule has 0 atom stereocenters. The molecule has 9 heteroatoms. The molecule has 2 N–H and O–H groups in total. The van der Waals surface area contributed by atoms with Crippen molar-refractivity contribution in [2.45, 2.75) is 17.4 Å². The van der Waals surface area contributed by atoms with Crippen LogP contribution in [-0.2, 0) is 31.5 Å². The summed E-state index contributed by atoms with van der Waals surface area (Å²) in [6, 6.07) is 11.4. The fourth-order valence-corrected chi connectivity index (χ4v) is 4.97. The molecule has 0 fully saturated rings. The number of rotatable bonds is 5. The lowest BCUT2D eigenvalue weighted by Gasteiger charge is -2.25. The fraction of sp³-hybridized carbons (Fsp3) is 0.214. The van der Waals surface area contributed by atoms with E-state index in [2.05, 4.69) is 0 Å². The molecule has 0 aliphatic heterocycles. The Kier molecular flexibility index (Phi) is 4.33. The number of ketones is 1. The van der Waals surface area contributed by atoms with Gasteiger partial charge in [0.25, 0.3) is 24.3 Å². The van der Waals surface area contributed by atoms with Crippen LogP contribution in [0.15, 0.2) is 42.5 Å². The molecule has 0 saturated carbocycles. The molecule has 2 rings (SSSR count). The van der Waals surface area contributed by atoms with Crippen molar-refractivity contribution >= 4 is 36.8 Å². The van der Waals surface area contributed by atoms with Crippen LogP contribution in [0.25, 0.3) is 10.8 Å². The van der Waals surface area contributed by atoms with Gasteiger partial charge in [-0.1, -0.05) is 42.5 Å². The molecule has 0 amide bonds. The normalized spacial score (nSPS) is 13.2. The second-order valence-corrected chi connectivity index (χ2v) is 8.63. The Bertz CT molecular complexity index is 938. The number of hydrogen-bond acceptors (Lipinski definition) is 5. The summed E-state index contributed by atoms with van der Waals surface area (Å²) in [5, 5.41) is 1.20. The van der Waals surface area contributed by atoms with Crippen LogP contribution >= 0.6 is 0 Å². The van der Waals surface area contributed by atoms with Gasteiger partial charge in [-0.15, -0.1) is 0 Å². The predicted molar refractivity (Wildman–Crippen MR) is 84.2 cm³/mol. The average molecular weight is 358 g/mol. The maximum atomic E-state index is 11.8. The first-order chi connectivity index (χ1) is 10.5. The first-order valence-electron chi connectivity index (χ1n) is 6.42. The Morgan fingerprint density at radius 3 is 2.00 bits per heavy atom. The topological polar surface area (TPSA) is 126 Å². The third-order valence-electron chi connectivity index (χ3n) is 3.67. The first kappa shape index (κ1) is 17.5. The molecule has 0 spiro atoms. The molecule has 7 nitrogen and oxygen atoms in total. The third kappa shape index (κ3) is 2.88. The smallest absolute Gasteiger partial charge is 0.295 e. The van der Waals surface area contributed by atoms with Crippen molar-refractivity contribution in [2.24, 2.45) is 0 Å². The minimum Gasteiger partial charge on any atom is -0.297 e. The zero-order valence-corrected chi connectivity index (χ0v) is 13.6. The Labute approximate surface area is 133 Å². The minimum absolute atomic E-state index is 0.188. The molecule has 0 bridgehead atoms. The van der Waals surface area contributed by atoms with Crippen LogP contribution in [0, 0.1) is 0 Å². The number of carbonyl (C=O) groups excluding carboxylic acids is 1. The van der Waals surface area contributed by atoms with E-state index >= 15 is 0 Å². The van der Waals surface area contributed by atoms with Crippen LogP contribution in [0.4, 0.5) is 0 Å². The number of carbonyl (C=O) groups is 1. The van der Waals surface area contributed by atoms with E-state index in [1.54, 1.807) is 36.4 Å². The van der Waals surface area contributed by atoms with Gasteiger partial charge in [0, 0.05) is 6.42 Å². The van der Waals surface area contributed by atoms with Gasteiger partial charge < -0.3 is 0 Å². The Morgan fingerprint density at radius 1 is 0.957 bits per heavy atom. The highest BCUT2D eigenvalue weighted by atomic mass is 32.3. The minimum atomic E-state index is -5.44. The summed E-state index contributed by atoms with van der Waals surface area (Å²) in [6.07, 6.45) is -0.901. The van der Waals surface area contributed by atoms with Gasteiger partial charge in [0.05, 0.1) is 0 Å². The average Bonchev–Trinajstić information content (AvgIpc) is 2.41. The molecule has 0 saturated heterocycles. The molecule has 2 aromatic carbocycles. The quantitative estimate of drug-likeness (QED) is 0.775. The van der Waals surface area contributed by atoms with Crippen LogP contribution < -0.4 is 0 Å². The van der Waals surface area contributed by atoms with Gasteiger partial charge in [0.15, 0.2) is 5.78 Å². The highest BCUT2D eigenvalue weighted by molar-refractivity contribution is 8.06. The van der Waals surface area contributed by atoms with Gasteiger partial charge in [-0.2, -0.15) is 16.8 Å². The molecule has 124 valence electrons. The van der Waals surface area contributed by atoms with E-state index in [-0.39, 0.29) is 5.56 Å². The highest BCUT2D eigenvalue weighted by Gasteiger charge is 2.59. The summed E-state index contributed by atoms with van der Waals surface area (Å²) in [7, 11) is -10.9. The van der Waals surface area contributed by atoms with Gasteiger partial charge in [0.2, 0.25) is 0 Å². The number of fused-ring (bicyclic) bond motifs is 1. The standard InChI is InChI=1S/C14H14O7S2/c1-10(15)14(22(16,17)18,23(19,20)21)9-12-7-4-6-11-5-2-3-8-13(11)12/h2-8H,9H2,1H3,(H,16,17,18)(H,19,20,21). The molecule has 0 aliphatic rings. The summed E-state index contributed by atoms with van der Waals surface area (Å²) >= 11 is 0. The molecule has 0 aliphatic carbocycles. The van der Waals surface area contributed by atoms with E-state index in [0.29, 0.717) is 17.7 Å². The summed E-state index contributed by atoms with van der Waals surface area (Å²) in [6.45, 7) is 0.687. The lowest BCUT2D eigenvalue weighted by atomic mass is 9.99. The number of hydrogen-bond donors (Lipinski definition) is 2. The Hall–Kier alpha value is -1.81. The van der Waals surface area contributed by atoms with E-state index < -0.39 is 36.5 Å². The third-order valence-corrected chi connectivity index (χ3v) is 7.47. The van der Waals surface area contributed by atoms with Crippen LogP contribution in [-0.4, -0.2) is 35.8 Å². The number of Topliss-reactive ketones (excluding diaryl/α,β-unsaturated/α-hetero) is 1. The molecular weight excluding hydrogens is 344 g/mol. The van der Waals surface area contributed by atoms with Crippen molar-refractivity contribution in [3.05, 3.63) is 48.0 Å². The van der Waals surface area contributed by atoms with Gasteiger partial charge in [-0.05, 0) is 23.3 Å². The number of benzene rings is 2. The van der Waals surface area contributed by atoms with E-state index in [1.165, 1.54) is 6.07 Å². The maximum absolute atomic E-state index is 11.8. The van der Waals surface area contributed by atoms with E-state index in [0.717, 1.165) is 0 Å². The molecule has 0 unspecified atom stereocenters. The Balaban J connectivity index is 2.80. The predicted octanol–water partition coefficient (Wildman–Crippen LogP) is 1.44. The van der Waals surface area contributed by atoms with Crippen molar-refractivity contribution < 1.29 is 30.7 Å². The van der Waals surface area contributed by atoms with Crippen LogP contribution in [0.5, 0.6) is 0 Å². The lowest BCUT2D eigenvalue weighted by Crippen LogP contribution is -2.53. The Morgan fingerprint density at radius 2 is 1.48 bits per heavy atom. The van der Waals surface area contributed by atoms with Crippen molar-refractivity contribution in [1.82, 2.24) is 0 Å². The summed E-state index contributed by atoms with van der Waals surface area (Å²) in [5.74, 6) is -1.39. The molecule has 0 radical (unpaired) electrons. The van der Waals surface area contributed by atoms with Gasteiger partial charge in [0.1, 0.15) is 0 Å².